The van der Waals surface area contributed by atoms with Crippen molar-refractivity contribution in [2.24, 2.45) is 5.73 Å². The topological polar surface area (TPSA) is 46.3 Å². The minimum absolute atomic E-state index is 0. The summed E-state index contributed by atoms with van der Waals surface area (Å²) in [5, 5.41) is 0. The summed E-state index contributed by atoms with van der Waals surface area (Å²) >= 11 is 0. The highest BCUT2D eigenvalue weighted by Crippen LogP contribution is 2.33. The lowest BCUT2D eigenvalue weighted by Gasteiger charge is -2.21. The first-order valence-corrected chi connectivity index (χ1v) is 8.68. The van der Waals surface area contributed by atoms with Gasteiger partial charge in [0.2, 0.25) is 5.91 Å². The molecule has 1 heterocycles. The summed E-state index contributed by atoms with van der Waals surface area (Å²) in [5.41, 5.74) is 8.25. The Labute approximate surface area is 147 Å². The number of benzene rings is 1. The first-order chi connectivity index (χ1) is 10.6. The number of amides is 1. The standard InChI is InChI=1S/C19H30N2O.ClH/c1-15-9-6-7-10-18(15)17-13-16(2)21(14-17)19(22)11-5-3-4-8-12-20;/h6-7,9-10,16-17H,3-5,8,11-14,20H2,1-2H3;1H. The third kappa shape index (κ3) is 5.50. The van der Waals surface area contributed by atoms with E-state index in [1.165, 1.54) is 11.1 Å². The van der Waals surface area contributed by atoms with Gasteiger partial charge in [0, 0.05) is 24.9 Å². The van der Waals surface area contributed by atoms with Crippen LogP contribution in [0.5, 0.6) is 0 Å². The number of nitrogens with zero attached hydrogens (tertiary/aromatic N) is 1. The largest absolute Gasteiger partial charge is 0.339 e. The fourth-order valence-electron chi connectivity index (χ4n) is 3.57. The summed E-state index contributed by atoms with van der Waals surface area (Å²) in [6.07, 6.45) is 6.11. The van der Waals surface area contributed by atoms with Gasteiger partial charge in [-0.25, -0.2) is 0 Å². The van der Waals surface area contributed by atoms with Crippen molar-refractivity contribution < 1.29 is 4.79 Å². The highest BCUT2D eigenvalue weighted by atomic mass is 35.5. The zero-order valence-corrected chi connectivity index (χ0v) is 15.3. The van der Waals surface area contributed by atoms with E-state index in [9.17, 15) is 4.79 Å². The van der Waals surface area contributed by atoms with E-state index in [0.717, 1.165) is 45.2 Å². The van der Waals surface area contributed by atoms with Crippen molar-refractivity contribution in [3.63, 3.8) is 0 Å². The Morgan fingerprint density at radius 3 is 2.61 bits per heavy atom. The molecule has 2 N–H and O–H groups in total. The van der Waals surface area contributed by atoms with E-state index in [4.69, 9.17) is 5.73 Å². The Morgan fingerprint density at radius 1 is 1.22 bits per heavy atom. The van der Waals surface area contributed by atoms with Gasteiger partial charge in [0.05, 0.1) is 0 Å². The van der Waals surface area contributed by atoms with Crippen LogP contribution in [0.25, 0.3) is 0 Å². The molecule has 1 amide bonds. The van der Waals surface area contributed by atoms with E-state index in [0.29, 0.717) is 24.3 Å². The summed E-state index contributed by atoms with van der Waals surface area (Å²) in [7, 11) is 0. The van der Waals surface area contributed by atoms with Crippen molar-refractivity contribution >= 4 is 18.3 Å². The maximum atomic E-state index is 12.5. The normalized spacial score (nSPS) is 20.4. The second kappa shape index (κ2) is 9.94. The first-order valence-electron chi connectivity index (χ1n) is 8.68. The van der Waals surface area contributed by atoms with E-state index in [1.54, 1.807) is 0 Å². The van der Waals surface area contributed by atoms with Crippen LogP contribution in [0.2, 0.25) is 0 Å². The average molecular weight is 339 g/mol. The Hall–Kier alpha value is -1.06. The number of aryl methyl sites for hydroxylation is 1. The van der Waals surface area contributed by atoms with Gasteiger partial charge in [0.1, 0.15) is 0 Å². The Kier molecular flexibility index (Phi) is 8.64. The van der Waals surface area contributed by atoms with Crippen LogP contribution in [0, 0.1) is 6.92 Å². The van der Waals surface area contributed by atoms with Crippen molar-refractivity contribution in [3.05, 3.63) is 35.4 Å². The molecule has 1 aromatic carbocycles. The van der Waals surface area contributed by atoms with E-state index < -0.39 is 0 Å². The molecule has 0 aliphatic carbocycles. The van der Waals surface area contributed by atoms with Crippen LogP contribution in [0.3, 0.4) is 0 Å². The number of likely N-dealkylation sites (tertiary alicyclic amines) is 1. The number of rotatable bonds is 7. The molecule has 23 heavy (non-hydrogen) atoms. The maximum absolute atomic E-state index is 12.5. The van der Waals surface area contributed by atoms with Crippen molar-refractivity contribution in [1.29, 1.82) is 0 Å². The van der Waals surface area contributed by atoms with Crippen molar-refractivity contribution in [2.75, 3.05) is 13.1 Å². The summed E-state index contributed by atoms with van der Waals surface area (Å²) < 4.78 is 0. The Morgan fingerprint density at radius 2 is 1.91 bits per heavy atom. The molecule has 1 aliphatic heterocycles. The van der Waals surface area contributed by atoms with Gasteiger partial charge in [-0.3, -0.25) is 4.79 Å². The summed E-state index contributed by atoms with van der Waals surface area (Å²) in [6, 6.07) is 8.94. The summed E-state index contributed by atoms with van der Waals surface area (Å²) in [6.45, 7) is 6.00. The lowest BCUT2D eigenvalue weighted by atomic mass is 9.93. The molecular weight excluding hydrogens is 308 g/mol. The van der Waals surface area contributed by atoms with E-state index in [2.05, 4.69) is 43.0 Å². The smallest absolute Gasteiger partial charge is 0.222 e. The summed E-state index contributed by atoms with van der Waals surface area (Å²) in [5.74, 6) is 0.828. The van der Waals surface area contributed by atoms with E-state index >= 15 is 0 Å². The lowest BCUT2D eigenvalue weighted by Crippen LogP contribution is -2.33. The molecule has 1 fully saturated rings. The zero-order valence-electron chi connectivity index (χ0n) is 14.5. The van der Waals surface area contributed by atoms with Crippen LogP contribution in [-0.2, 0) is 4.79 Å². The van der Waals surface area contributed by atoms with Gasteiger partial charge in [-0.2, -0.15) is 0 Å². The minimum Gasteiger partial charge on any atom is -0.339 e. The monoisotopic (exact) mass is 338 g/mol. The number of carbonyl (C=O) groups excluding carboxylic acids is 1. The third-order valence-electron chi connectivity index (χ3n) is 4.87. The zero-order chi connectivity index (χ0) is 15.9. The fraction of sp³-hybridized carbons (Fsp3) is 0.632. The van der Waals surface area contributed by atoms with Gasteiger partial charge >= 0.3 is 0 Å². The van der Waals surface area contributed by atoms with Crippen LogP contribution in [0.4, 0.5) is 0 Å². The van der Waals surface area contributed by atoms with Crippen molar-refractivity contribution in [1.82, 2.24) is 4.90 Å². The van der Waals surface area contributed by atoms with Gasteiger partial charge < -0.3 is 10.6 Å². The van der Waals surface area contributed by atoms with Crippen LogP contribution in [0.15, 0.2) is 24.3 Å². The molecular formula is C19H31ClN2O. The molecule has 1 aromatic rings. The Balaban J connectivity index is 0.00000264. The van der Waals surface area contributed by atoms with Gasteiger partial charge in [-0.15, -0.1) is 12.4 Å². The SMILES string of the molecule is Cc1ccccc1C1CC(C)N(C(=O)CCCCCCN)C1.Cl. The molecule has 1 aliphatic rings. The van der Waals surface area contributed by atoms with Crippen LogP contribution >= 0.6 is 12.4 Å². The quantitative estimate of drug-likeness (QED) is 0.763. The second-order valence-electron chi connectivity index (χ2n) is 6.64. The summed E-state index contributed by atoms with van der Waals surface area (Å²) in [4.78, 5) is 14.5. The number of hydrogen-bond donors (Lipinski definition) is 1. The highest BCUT2D eigenvalue weighted by molar-refractivity contribution is 5.85. The molecule has 1 saturated heterocycles. The molecule has 0 bridgehead atoms. The third-order valence-corrected chi connectivity index (χ3v) is 4.87. The molecule has 4 heteroatoms. The molecule has 2 unspecified atom stereocenters. The molecule has 0 spiro atoms. The van der Waals surface area contributed by atoms with Gasteiger partial charge in [0.25, 0.3) is 0 Å². The number of nitrogens with two attached hydrogens (primary N) is 1. The number of halogens is 1. The molecule has 0 saturated carbocycles. The molecule has 0 radical (unpaired) electrons. The first kappa shape index (κ1) is 20.0. The Bertz CT molecular complexity index is 492. The molecule has 2 atom stereocenters. The molecule has 0 aromatic heterocycles. The van der Waals surface area contributed by atoms with Crippen LogP contribution in [-0.4, -0.2) is 29.9 Å². The average Bonchev–Trinajstić information content (AvgIpc) is 2.89. The van der Waals surface area contributed by atoms with Crippen molar-refractivity contribution in [2.45, 2.75) is 64.3 Å². The number of unbranched alkanes of at least 4 members (excludes halogenated alkanes) is 3. The molecule has 2 rings (SSSR count). The minimum atomic E-state index is 0. The second-order valence-corrected chi connectivity index (χ2v) is 6.64. The van der Waals surface area contributed by atoms with Crippen LogP contribution < -0.4 is 5.73 Å². The van der Waals surface area contributed by atoms with Crippen LogP contribution in [0.1, 0.15) is 62.5 Å². The van der Waals surface area contributed by atoms with Gasteiger partial charge in [-0.1, -0.05) is 37.1 Å². The molecule has 3 nitrogen and oxygen atoms in total. The highest BCUT2D eigenvalue weighted by Gasteiger charge is 2.33. The predicted octanol–water partition coefficient (Wildman–Crippen LogP) is 4.03. The van der Waals surface area contributed by atoms with Gasteiger partial charge in [-0.05, 0) is 50.8 Å². The van der Waals surface area contributed by atoms with E-state index in [-0.39, 0.29) is 12.4 Å². The predicted molar refractivity (Wildman–Crippen MR) is 99.1 cm³/mol. The fourth-order valence-corrected chi connectivity index (χ4v) is 3.57. The lowest BCUT2D eigenvalue weighted by molar-refractivity contribution is -0.131. The van der Waals surface area contributed by atoms with Crippen molar-refractivity contribution in [3.8, 4) is 0 Å². The molecule has 130 valence electrons. The number of carbonyl (C=O) groups is 1. The maximum Gasteiger partial charge on any atom is 0.222 e. The van der Waals surface area contributed by atoms with Gasteiger partial charge in [0.15, 0.2) is 0 Å². The van der Waals surface area contributed by atoms with E-state index in [1.807, 2.05) is 0 Å². The number of hydrogen-bond acceptors (Lipinski definition) is 2.